The van der Waals surface area contributed by atoms with Crippen LogP contribution in [0.1, 0.15) is 31.9 Å². The van der Waals surface area contributed by atoms with Crippen LogP contribution in [-0.2, 0) is 14.3 Å². The van der Waals surface area contributed by atoms with Gasteiger partial charge in [0, 0.05) is 16.0 Å². The summed E-state index contributed by atoms with van der Waals surface area (Å²) in [6, 6.07) is 13.7. The number of esters is 1. The Bertz CT molecular complexity index is 1350. The van der Waals surface area contributed by atoms with Gasteiger partial charge in [0.15, 0.2) is 0 Å². The van der Waals surface area contributed by atoms with Crippen molar-refractivity contribution in [3.05, 3.63) is 68.8 Å². The van der Waals surface area contributed by atoms with Crippen LogP contribution < -0.4 is 9.64 Å². The topological polar surface area (TPSA) is 55.8 Å². The lowest BCUT2D eigenvalue weighted by Gasteiger charge is -2.45. The molecule has 0 aromatic heterocycles. The number of hydrogen-bond donors (Lipinski definition) is 0. The van der Waals surface area contributed by atoms with Crippen LogP contribution >= 0.6 is 35.7 Å². The summed E-state index contributed by atoms with van der Waals surface area (Å²) >= 11 is 8.22. The molecule has 2 heterocycles. The first-order valence-corrected chi connectivity index (χ1v) is 13.2. The standard InChI is InChI=1S/C26H22F3NO4S3/c1-5-34-22(31)20-19(14-9-7-6-8-10-14)36-23(37-20)18-16-13-15(33-4)11-12-17(16)30(24(32)26(27,28)29)25(2,3)21(18)35/h6-13H,5H2,1-4H3/b23-18-. The molecule has 0 radical (unpaired) electrons. The average molecular weight is 566 g/mol. The van der Waals surface area contributed by atoms with Crippen molar-refractivity contribution < 1.29 is 32.2 Å². The fourth-order valence-electron chi connectivity index (χ4n) is 4.07. The molecule has 11 heteroatoms. The molecule has 5 nitrogen and oxygen atoms in total. The molecule has 2 aromatic rings. The maximum Gasteiger partial charge on any atom is 0.471 e. The van der Waals surface area contributed by atoms with Crippen molar-refractivity contribution in [3.63, 3.8) is 0 Å². The highest BCUT2D eigenvalue weighted by Crippen LogP contribution is 2.59. The molecule has 37 heavy (non-hydrogen) atoms. The number of methoxy groups -OCH3 is 1. The van der Waals surface area contributed by atoms with Crippen molar-refractivity contribution >= 4 is 68.6 Å². The summed E-state index contributed by atoms with van der Waals surface area (Å²) < 4.78 is 52.2. The Kier molecular flexibility index (Phi) is 7.51. The van der Waals surface area contributed by atoms with Crippen LogP contribution in [0.25, 0.3) is 10.5 Å². The number of halogens is 3. The highest BCUT2D eigenvalue weighted by molar-refractivity contribution is 8.32. The van der Waals surface area contributed by atoms with Gasteiger partial charge in [0.25, 0.3) is 0 Å². The van der Waals surface area contributed by atoms with Gasteiger partial charge in [-0.1, -0.05) is 66.1 Å². The van der Waals surface area contributed by atoms with Crippen LogP contribution in [0.2, 0.25) is 0 Å². The van der Waals surface area contributed by atoms with Gasteiger partial charge >= 0.3 is 18.1 Å². The Hall–Kier alpha value is -2.76. The van der Waals surface area contributed by atoms with Gasteiger partial charge in [-0.3, -0.25) is 9.69 Å². The van der Waals surface area contributed by atoms with Crippen molar-refractivity contribution in [3.8, 4) is 5.75 Å². The highest BCUT2D eigenvalue weighted by Gasteiger charge is 2.53. The van der Waals surface area contributed by atoms with Crippen LogP contribution in [0, 0.1) is 0 Å². The molecule has 1 amide bonds. The Morgan fingerprint density at radius 2 is 1.76 bits per heavy atom. The van der Waals surface area contributed by atoms with E-state index in [4.69, 9.17) is 21.7 Å². The van der Waals surface area contributed by atoms with E-state index < -0.39 is 23.6 Å². The van der Waals surface area contributed by atoms with Gasteiger partial charge < -0.3 is 9.47 Å². The molecule has 0 aliphatic carbocycles. The lowest BCUT2D eigenvalue weighted by atomic mass is 9.83. The van der Waals surface area contributed by atoms with Crippen LogP contribution in [0.4, 0.5) is 18.9 Å². The first-order valence-electron chi connectivity index (χ1n) is 11.1. The van der Waals surface area contributed by atoms with Gasteiger partial charge in [-0.15, -0.1) is 0 Å². The smallest absolute Gasteiger partial charge is 0.471 e. The first-order chi connectivity index (χ1) is 17.4. The summed E-state index contributed by atoms with van der Waals surface area (Å²) in [6.07, 6.45) is -5.11. The molecule has 194 valence electrons. The molecule has 4 rings (SSSR count). The number of carbonyl (C=O) groups is 2. The third-order valence-electron chi connectivity index (χ3n) is 5.80. The third kappa shape index (κ3) is 4.92. The minimum atomic E-state index is -5.11. The number of hydrogen-bond acceptors (Lipinski definition) is 7. The predicted molar refractivity (Wildman–Crippen MR) is 145 cm³/mol. The molecule has 0 N–H and O–H groups in total. The fraction of sp³-hybridized carbons (Fsp3) is 0.269. The normalized spacial score (nSPS) is 19.1. The monoisotopic (exact) mass is 565 g/mol. The second-order valence-corrected chi connectivity index (χ2v) is 11.2. The van der Waals surface area contributed by atoms with E-state index in [9.17, 15) is 22.8 Å². The maximum absolute atomic E-state index is 13.7. The van der Waals surface area contributed by atoms with Crippen LogP contribution in [0.3, 0.4) is 0 Å². The number of anilines is 1. The number of benzene rings is 2. The molecule has 0 saturated heterocycles. The zero-order chi connectivity index (χ0) is 27.1. The first kappa shape index (κ1) is 27.3. The molecule has 0 saturated carbocycles. The number of fused-ring (bicyclic) bond motifs is 1. The van der Waals surface area contributed by atoms with Crippen LogP contribution in [-0.4, -0.2) is 42.2 Å². The molecule has 0 bridgehead atoms. The van der Waals surface area contributed by atoms with E-state index in [-0.39, 0.29) is 17.2 Å². The molecule has 2 aromatic carbocycles. The molecular formula is C26H22F3NO4S3. The predicted octanol–water partition coefficient (Wildman–Crippen LogP) is 6.83. The van der Waals surface area contributed by atoms with Crippen molar-refractivity contribution in [2.75, 3.05) is 18.6 Å². The second-order valence-electron chi connectivity index (χ2n) is 8.52. The van der Waals surface area contributed by atoms with Gasteiger partial charge in [-0.25, -0.2) is 4.79 Å². The lowest BCUT2D eigenvalue weighted by Crippen LogP contribution is -2.59. The van der Waals surface area contributed by atoms with Crippen molar-refractivity contribution in [2.24, 2.45) is 0 Å². The number of thioether (sulfide) groups is 2. The number of thiocarbonyl (C=S) groups is 1. The van der Waals surface area contributed by atoms with Crippen molar-refractivity contribution in [1.82, 2.24) is 0 Å². The minimum absolute atomic E-state index is 0.0521. The minimum Gasteiger partial charge on any atom is -0.497 e. The molecule has 0 unspecified atom stereocenters. The lowest BCUT2D eigenvalue weighted by molar-refractivity contribution is -0.171. The summed E-state index contributed by atoms with van der Waals surface area (Å²) in [5.74, 6) is -2.14. The van der Waals surface area contributed by atoms with Gasteiger partial charge in [-0.05, 0) is 44.5 Å². The Labute approximate surface area is 226 Å². The molecule has 0 atom stereocenters. The van der Waals surface area contributed by atoms with Crippen molar-refractivity contribution in [1.29, 1.82) is 0 Å². The van der Waals surface area contributed by atoms with Gasteiger partial charge in [0.2, 0.25) is 0 Å². The van der Waals surface area contributed by atoms with E-state index in [1.54, 1.807) is 13.0 Å². The Morgan fingerprint density at radius 1 is 1.08 bits per heavy atom. The SMILES string of the molecule is CCOC(=O)C1=C(c2ccccc2)S/C(=C2/C(=S)C(C)(C)N(C(=O)C(F)(F)F)c3ccc(OC)cc32)S1. The Balaban J connectivity index is 1.95. The van der Waals surface area contributed by atoms with Crippen molar-refractivity contribution in [2.45, 2.75) is 32.5 Å². The molecule has 2 aliphatic rings. The molecule has 2 aliphatic heterocycles. The van der Waals surface area contributed by atoms with E-state index in [0.717, 1.165) is 17.3 Å². The van der Waals surface area contributed by atoms with E-state index in [1.807, 2.05) is 30.3 Å². The van der Waals surface area contributed by atoms with E-state index in [2.05, 4.69) is 0 Å². The number of amides is 1. The number of rotatable bonds is 4. The van der Waals surface area contributed by atoms with Gasteiger partial charge in [0.05, 0.1) is 34.0 Å². The van der Waals surface area contributed by atoms with Gasteiger partial charge in [0.1, 0.15) is 10.7 Å². The van der Waals surface area contributed by atoms with E-state index in [0.29, 0.717) is 35.8 Å². The van der Waals surface area contributed by atoms with Gasteiger partial charge in [-0.2, -0.15) is 13.2 Å². The molecule has 0 spiro atoms. The number of carbonyl (C=O) groups excluding carboxylic acids is 2. The van der Waals surface area contributed by atoms with Crippen LogP contribution in [0.5, 0.6) is 5.75 Å². The summed E-state index contributed by atoms with van der Waals surface area (Å²) in [7, 11) is 1.44. The largest absolute Gasteiger partial charge is 0.497 e. The zero-order valence-corrected chi connectivity index (χ0v) is 22.7. The average Bonchev–Trinajstić information content (AvgIpc) is 3.29. The maximum atomic E-state index is 13.7. The quantitative estimate of drug-likeness (QED) is 0.229. The van der Waals surface area contributed by atoms with E-state index >= 15 is 0 Å². The summed E-state index contributed by atoms with van der Waals surface area (Å²) in [5.41, 5.74) is 0.138. The highest BCUT2D eigenvalue weighted by atomic mass is 32.2. The number of ether oxygens (including phenoxy) is 2. The molecule has 0 fully saturated rings. The fourth-order valence-corrected chi connectivity index (χ4v) is 7.20. The summed E-state index contributed by atoms with van der Waals surface area (Å²) in [5, 5.41) is 0. The summed E-state index contributed by atoms with van der Waals surface area (Å²) in [4.78, 5) is 27.3. The summed E-state index contributed by atoms with van der Waals surface area (Å²) in [6.45, 7) is 4.85. The number of alkyl halides is 3. The second kappa shape index (κ2) is 10.2. The number of nitrogens with zero attached hydrogens (tertiary/aromatic N) is 1. The third-order valence-corrected chi connectivity index (χ3v) is 9.13. The van der Waals surface area contributed by atoms with E-state index in [1.165, 1.54) is 44.9 Å². The Morgan fingerprint density at radius 3 is 2.35 bits per heavy atom. The molecular weight excluding hydrogens is 543 g/mol. The van der Waals surface area contributed by atoms with Crippen LogP contribution in [0.15, 0.2) is 57.7 Å². The zero-order valence-electron chi connectivity index (χ0n) is 20.3.